The number of anilines is 1. The van der Waals surface area contributed by atoms with Crippen molar-refractivity contribution >= 4 is 12.0 Å². The van der Waals surface area contributed by atoms with Crippen molar-refractivity contribution < 1.29 is 23.0 Å². The van der Waals surface area contributed by atoms with Crippen molar-refractivity contribution in [2.75, 3.05) is 12.3 Å². The highest BCUT2D eigenvalue weighted by atomic mass is 19.2. The van der Waals surface area contributed by atoms with Crippen LogP contribution in [0.3, 0.4) is 0 Å². The van der Waals surface area contributed by atoms with Gasteiger partial charge in [-0.15, -0.1) is 5.10 Å². The van der Waals surface area contributed by atoms with Gasteiger partial charge in [-0.2, -0.15) is 0 Å². The lowest BCUT2D eigenvalue weighted by molar-refractivity contribution is 0.102. The third kappa shape index (κ3) is 3.47. The lowest BCUT2D eigenvalue weighted by atomic mass is 10.2. The number of rotatable bonds is 4. The predicted molar refractivity (Wildman–Crippen MR) is 69.7 cm³/mol. The molecule has 8 heteroatoms. The quantitative estimate of drug-likeness (QED) is 0.876. The largest absolute Gasteiger partial charge is 0.515 e. The van der Waals surface area contributed by atoms with Gasteiger partial charge in [-0.1, -0.05) is 12.1 Å². The lowest BCUT2D eigenvalue weighted by Crippen LogP contribution is -2.11. The highest BCUT2D eigenvalue weighted by molar-refractivity contribution is 5.63. The van der Waals surface area contributed by atoms with Crippen LogP contribution in [0.25, 0.3) is 0 Å². The first-order valence-electron chi connectivity index (χ1n) is 6.12. The number of hydrogen-bond acceptors (Lipinski definition) is 5. The van der Waals surface area contributed by atoms with E-state index < -0.39 is 17.8 Å². The molecule has 2 N–H and O–H groups in total. The molecule has 0 spiro atoms. The second kappa shape index (κ2) is 6.21. The fraction of sp³-hybridized carbons (Fsp3) is 0.231. The summed E-state index contributed by atoms with van der Waals surface area (Å²) in [5.74, 6) is -1.87. The van der Waals surface area contributed by atoms with Crippen molar-refractivity contribution in [2.24, 2.45) is 0 Å². The van der Waals surface area contributed by atoms with E-state index in [1.165, 1.54) is 22.9 Å². The molecule has 0 aliphatic heterocycles. The maximum Gasteiger partial charge on any atom is 0.515 e. The number of halogens is 2. The summed E-state index contributed by atoms with van der Waals surface area (Å²) in [4.78, 5) is 11.1. The molecule has 112 valence electrons. The van der Waals surface area contributed by atoms with Crippen LogP contribution in [0.5, 0.6) is 5.88 Å². The normalized spacial score (nSPS) is 10.4. The van der Waals surface area contributed by atoms with Crippen LogP contribution in [0.15, 0.2) is 24.3 Å². The SMILES string of the molecule is CCOC(=O)Oc1cc(N)n(Cc2cccc(F)c2F)n1. The molecular formula is C13H13F2N3O3. The highest BCUT2D eigenvalue weighted by Gasteiger charge is 2.14. The summed E-state index contributed by atoms with van der Waals surface area (Å²) in [6, 6.07) is 5.09. The van der Waals surface area contributed by atoms with Crippen molar-refractivity contribution in [1.29, 1.82) is 0 Å². The van der Waals surface area contributed by atoms with Gasteiger partial charge >= 0.3 is 6.16 Å². The summed E-state index contributed by atoms with van der Waals surface area (Å²) in [7, 11) is 0. The molecule has 0 aliphatic carbocycles. The first-order valence-corrected chi connectivity index (χ1v) is 6.12. The number of carbonyl (C=O) groups is 1. The van der Waals surface area contributed by atoms with E-state index in [0.717, 1.165) is 6.07 Å². The second-order valence-corrected chi connectivity index (χ2v) is 4.06. The zero-order valence-electron chi connectivity index (χ0n) is 11.2. The average molecular weight is 297 g/mol. The summed E-state index contributed by atoms with van der Waals surface area (Å²) in [6.45, 7) is 1.69. The molecule has 1 aromatic carbocycles. The predicted octanol–water partition coefficient (Wildman–Crippen LogP) is 2.33. The molecule has 0 unspecified atom stereocenters. The van der Waals surface area contributed by atoms with Gasteiger partial charge in [-0.25, -0.2) is 18.3 Å². The smallest absolute Gasteiger partial charge is 0.434 e. The highest BCUT2D eigenvalue weighted by Crippen LogP contribution is 2.18. The van der Waals surface area contributed by atoms with Gasteiger partial charge < -0.3 is 15.2 Å². The van der Waals surface area contributed by atoms with Crippen LogP contribution >= 0.6 is 0 Å². The Bertz CT molecular complexity index is 658. The Kier molecular flexibility index (Phi) is 4.36. The van der Waals surface area contributed by atoms with E-state index in [-0.39, 0.29) is 30.4 Å². The number of ether oxygens (including phenoxy) is 2. The monoisotopic (exact) mass is 297 g/mol. The minimum atomic E-state index is -0.972. The maximum atomic E-state index is 13.6. The van der Waals surface area contributed by atoms with Gasteiger partial charge in [-0.05, 0) is 13.0 Å². The second-order valence-electron chi connectivity index (χ2n) is 4.06. The minimum absolute atomic E-state index is 0.0764. The number of hydrogen-bond donors (Lipinski definition) is 1. The van der Waals surface area contributed by atoms with Crippen LogP contribution in [-0.2, 0) is 11.3 Å². The Morgan fingerprint density at radius 3 is 2.90 bits per heavy atom. The molecule has 21 heavy (non-hydrogen) atoms. The Morgan fingerprint density at radius 2 is 2.19 bits per heavy atom. The van der Waals surface area contributed by atoms with Crippen LogP contribution in [0.4, 0.5) is 19.4 Å². The summed E-state index contributed by atoms with van der Waals surface area (Å²) in [6.07, 6.45) is -0.918. The molecule has 1 heterocycles. The molecular weight excluding hydrogens is 284 g/mol. The van der Waals surface area contributed by atoms with Gasteiger partial charge in [0.15, 0.2) is 11.6 Å². The van der Waals surface area contributed by atoms with Crippen LogP contribution in [0.2, 0.25) is 0 Å². The molecule has 0 saturated carbocycles. The summed E-state index contributed by atoms with van der Waals surface area (Å²) >= 11 is 0. The van der Waals surface area contributed by atoms with Gasteiger partial charge in [-0.3, -0.25) is 0 Å². The minimum Gasteiger partial charge on any atom is -0.434 e. The van der Waals surface area contributed by atoms with E-state index in [4.69, 9.17) is 10.5 Å². The Hall–Kier alpha value is -2.64. The number of benzene rings is 1. The standard InChI is InChI=1S/C13H13F2N3O3/c1-2-20-13(19)21-11-6-10(16)18(17-11)7-8-4-3-5-9(14)12(8)15/h3-6H,2,7,16H2,1H3. The van der Waals surface area contributed by atoms with Gasteiger partial charge in [0.2, 0.25) is 5.88 Å². The zero-order chi connectivity index (χ0) is 15.4. The summed E-state index contributed by atoms with van der Waals surface area (Å²) < 4.78 is 37.2. The lowest BCUT2D eigenvalue weighted by Gasteiger charge is -2.05. The molecule has 0 saturated heterocycles. The Morgan fingerprint density at radius 1 is 1.43 bits per heavy atom. The van der Waals surface area contributed by atoms with Crippen molar-refractivity contribution in [3.8, 4) is 5.88 Å². The Labute approximate surface area is 119 Å². The first-order chi connectivity index (χ1) is 10.0. The zero-order valence-corrected chi connectivity index (χ0v) is 11.2. The van der Waals surface area contributed by atoms with Gasteiger partial charge in [0.05, 0.1) is 13.2 Å². The van der Waals surface area contributed by atoms with Crippen molar-refractivity contribution in [3.63, 3.8) is 0 Å². The van der Waals surface area contributed by atoms with Crippen LogP contribution in [0, 0.1) is 11.6 Å². The summed E-state index contributed by atoms with van der Waals surface area (Å²) in [5, 5.41) is 3.88. The van der Waals surface area contributed by atoms with Crippen LogP contribution < -0.4 is 10.5 Å². The molecule has 0 aliphatic rings. The van der Waals surface area contributed by atoms with Crippen LogP contribution in [0.1, 0.15) is 12.5 Å². The Balaban J connectivity index is 2.16. The summed E-state index contributed by atoms with van der Waals surface area (Å²) in [5.41, 5.74) is 5.76. The fourth-order valence-electron chi connectivity index (χ4n) is 1.65. The number of carbonyl (C=O) groups excluding carboxylic acids is 1. The molecule has 0 bridgehead atoms. The van der Waals surface area contributed by atoms with Crippen molar-refractivity contribution in [3.05, 3.63) is 41.5 Å². The molecule has 2 rings (SSSR count). The van der Waals surface area contributed by atoms with Crippen LogP contribution in [-0.4, -0.2) is 22.5 Å². The topological polar surface area (TPSA) is 79.4 Å². The molecule has 0 atom stereocenters. The number of nitrogens with zero attached hydrogens (tertiary/aromatic N) is 2. The molecule has 0 amide bonds. The van der Waals surface area contributed by atoms with Crippen molar-refractivity contribution in [2.45, 2.75) is 13.5 Å². The van der Waals surface area contributed by atoms with E-state index in [2.05, 4.69) is 9.84 Å². The maximum absolute atomic E-state index is 13.6. The third-order valence-corrected chi connectivity index (χ3v) is 2.59. The molecule has 2 aromatic rings. The molecule has 6 nitrogen and oxygen atoms in total. The van der Waals surface area contributed by atoms with E-state index >= 15 is 0 Å². The van der Waals surface area contributed by atoms with E-state index in [1.807, 2.05) is 0 Å². The van der Waals surface area contributed by atoms with E-state index in [9.17, 15) is 13.6 Å². The van der Waals surface area contributed by atoms with Gasteiger partial charge in [0.25, 0.3) is 0 Å². The van der Waals surface area contributed by atoms with Crippen molar-refractivity contribution in [1.82, 2.24) is 9.78 Å². The van der Waals surface area contributed by atoms with E-state index in [1.54, 1.807) is 6.92 Å². The number of aromatic nitrogens is 2. The number of nitrogen functional groups attached to an aromatic ring is 1. The molecule has 1 aromatic heterocycles. The van der Waals surface area contributed by atoms with Gasteiger partial charge in [0, 0.05) is 11.6 Å². The van der Waals surface area contributed by atoms with Gasteiger partial charge in [0.1, 0.15) is 5.82 Å². The molecule has 0 fully saturated rings. The first kappa shape index (κ1) is 14.8. The third-order valence-electron chi connectivity index (χ3n) is 2.59. The van der Waals surface area contributed by atoms with E-state index in [0.29, 0.717) is 0 Å². The molecule has 0 radical (unpaired) electrons. The fourth-order valence-corrected chi connectivity index (χ4v) is 1.65. The average Bonchev–Trinajstić information content (AvgIpc) is 2.75. The number of nitrogens with two attached hydrogens (primary N) is 1.